The molecule has 5 heteroatoms. The summed E-state index contributed by atoms with van der Waals surface area (Å²) in [5, 5.41) is 6.27. The number of amides is 1. The molecular formula is C15H23ClN2O2. The number of benzene rings is 1. The summed E-state index contributed by atoms with van der Waals surface area (Å²) in [4.78, 5) is 12.1. The van der Waals surface area contributed by atoms with Gasteiger partial charge in [0.15, 0.2) is 0 Å². The number of methoxy groups -OCH3 is 1. The zero-order valence-electron chi connectivity index (χ0n) is 12.2. The molecule has 1 aromatic carbocycles. The molecule has 0 spiro atoms. The summed E-state index contributed by atoms with van der Waals surface area (Å²) >= 11 is 0. The first-order valence-corrected chi connectivity index (χ1v) is 6.69. The van der Waals surface area contributed by atoms with Crippen LogP contribution >= 0.6 is 12.4 Å². The Labute approximate surface area is 126 Å². The molecule has 2 unspecified atom stereocenters. The molecule has 0 aromatic heterocycles. The molecule has 1 aromatic rings. The SMILES string of the molecule is COC1CNCC1NC(=O)Cc1cc(C)ccc1C.Cl. The molecule has 1 fully saturated rings. The summed E-state index contributed by atoms with van der Waals surface area (Å²) in [6, 6.07) is 6.28. The van der Waals surface area contributed by atoms with E-state index in [0.29, 0.717) is 6.42 Å². The Balaban J connectivity index is 0.00000200. The van der Waals surface area contributed by atoms with Gasteiger partial charge in [0.2, 0.25) is 5.91 Å². The molecule has 1 aliphatic rings. The summed E-state index contributed by atoms with van der Waals surface area (Å²) in [7, 11) is 1.68. The van der Waals surface area contributed by atoms with E-state index < -0.39 is 0 Å². The van der Waals surface area contributed by atoms with Gasteiger partial charge in [0.05, 0.1) is 18.6 Å². The van der Waals surface area contributed by atoms with Crippen LogP contribution in [0, 0.1) is 13.8 Å². The van der Waals surface area contributed by atoms with Crippen LogP contribution < -0.4 is 10.6 Å². The van der Waals surface area contributed by atoms with Gasteiger partial charge in [-0.15, -0.1) is 12.4 Å². The van der Waals surface area contributed by atoms with Gasteiger partial charge in [0.1, 0.15) is 0 Å². The first kappa shape index (κ1) is 17.0. The number of rotatable bonds is 4. The molecule has 0 radical (unpaired) electrons. The quantitative estimate of drug-likeness (QED) is 0.883. The molecule has 1 aliphatic heterocycles. The fraction of sp³-hybridized carbons (Fsp3) is 0.533. The maximum Gasteiger partial charge on any atom is 0.224 e. The van der Waals surface area contributed by atoms with Gasteiger partial charge in [0, 0.05) is 20.2 Å². The van der Waals surface area contributed by atoms with Gasteiger partial charge in [-0.2, -0.15) is 0 Å². The van der Waals surface area contributed by atoms with Gasteiger partial charge in [-0.3, -0.25) is 4.79 Å². The van der Waals surface area contributed by atoms with Gasteiger partial charge in [-0.25, -0.2) is 0 Å². The van der Waals surface area contributed by atoms with Gasteiger partial charge in [-0.1, -0.05) is 23.8 Å². The fourth-order valence-electron chi connectivity index (χ4n) is 2.47. The number of aryl methyl sites for hydroxylation is 2. The summed E-state index contributed by atoms with van der Waals surface area (Å²) in [5.74, 6) is 0.0597. The van der Waals surface area contributed by atoms with E-state index in [9.17, 15) is 4.79 Å². The van der Waals surface area contributed by atoms with E-state index in [1.807, 2.05) is 13.8 Å². The first-order chi connectivity index (χ1) is 9.10. The van der Waals surface area contributed by atoms with Crippen molar-refractivity contribution >= 4 is 18.3 Å². The monoisotopic (exact) mass is 298 g/mol. The average Bonchev–Trinajstić information content (AvgIpc) is 2.81. The van der Waals surface area contributed by atoms with Gasteiger partial charge < -0.3 is 15.4 Å². The Morgan fingerprint density at radius 1 is 1.40 bits per heavy atom. The second-order valence-electron chi connectivity index (χ2n) is 5.21. The number of ether oxygens (including phenoxy) is 1. The molecule has 0 saturated carbocycles. The third kappa shape index (κ3) is 4.20. The number of nitrogens with one attached hydrogen (secondary N) is 2. The van der Waals surface area contributed by atoms with Crippen LogP contribution in [0.1, 0.15) is 16.7 Å². The van der Waals surface area contributed by atoms with Gasteiger partial charge in [0.25, 0.3) is 0 Å². The highest BCUT2D eigenvalue weighted by Crippen LogP contribution is 2.12. The number of halogens is 1. The molecule has 1 saturated heterocycles. The minimum Gasteiger partial charge on any atom is -0.378 e. The highest BCUT2D eigenvalue weighted by atomic mass is 35.5. The molecule has 2 N–H and O–H groups in total. The van der Waals surface area contributed by atoms with Crippen molar-refractivity contribution in [2.75, 3.05) is 20.2 Å². The Hall–Kier alpha value is -1.10. The van der Waals surface area contributed by atoms with Crippen LogP contribution in [0.25, 0.3) is 0 Å². The molecule has 20 heavy (non-hydrogen) atoms. The highest BCUT2D eigenvalue weighted by molar-refractivity contribution is 5.85. The number of carbonyl (C=O) groups excluding carboxylic acids is 1. The molecule has 0 bridgehead atoms. The van der Waals surface area contributed by atoms with E-state index in [4.69, 9.17) is 4.74 Å². The first-order valence-electron chi connectivity index (χ1n) is 6.69. The molecule has 1 heterocycles. The van der Waals surface area contributed by atoms with Crippen molar-refractivity contribution < 1.29 is 9.53 Å². The summed E-state index contributed by atoms with van der Waals surface area (Å²) in [6.07, 6.45) is 0.503. The number of hydrogen-bond acceptors (Lipinski definition) is 3. The number of hydrogen-bond donors (Lipinski definition) is 2. The Morgan fingerprint density at radius 3 is 2.85 bits per heavy atom. The van der Waals surface area contributed by atoms with Gasteiger partial charge in [-0.05, 0) is 25.0 Å². The Morgan fingerprint density at radius 2 is 2.15 bits per heavy atom. The smallest absolute Gasteiger partial charge is 0.224 e. The minimum atomic E-state index is 0. The summed E-state index contributed by atoms with van der Waals surface area (Å²) in [5.41, 5.74) is 3.44. The third-order valence-corrected chi connectivity index (χ3v) is 3.66. The van der Waals surface area contributed by atoms with Gasteiger partial charge >= 0.3 is 0 Å². The fourth-order valence-corrected chi connectivity index (χ4v) is 2.47. The summed E-state index contributed by atoms with van der Waals surface area (Å²) in [6.45, 7) is 5.65. The van der Waals surface area contributed by atoms with Crippen molar-refractivity contribution in [2.24, 2.45) is 0 Å². The van der Waals surface area contributed by atoms with Crippen molar-refractivity contribution in [3.63, 3.8) is 0 Å². The topological polar surface area (TPSA) is 50.4 Å². The van der Waals surface area contributed by atoms with E-state index in [0.717, 1.165) is 24.2 Å². The lowest BCUT2D eigenvalue weighted by atomic mass is 10.0. The van der Waals surface area contributed by atoms with Crippen LogP contribution in [0.15, 0.2) is 18.2 Å². The lowest BCUT2D eigenvalue weighted by Crippen LogP contribution is -2.44. The minimum absolute atomic E-state index is 0. The largest absolute Gasteiger partial charge is 0.378 e. The third-order valence-electron chi connectivity index (χ3n) is 3.66. The molecule has 1 amide bonds. The molecule has 2 rings (SSSR count). The van der Waals surface area contributed by atoms with E-state index in [-0.39, 0.29) is 30.5 Å². The zero-order chi connectivity index (χ0) is 13.8. The van der Waals surface area contributed by atoms with Crippen molar-refractivity contribution in [1.82, 2.24) is 10.6 Å². The van der Waals surface area contributed by atoms with E-state index >= 15 is 0 Å². The maximum atomic E-state index is 12.1. The zero-order valence-corrected chi connectivity index (χ0v) is 13.0. The van der Waals surface area contributed by atoms with Crippen LogP contribution in [0.5, 0.6) is 0 Å². The van der Waals surface area contributed by atoms with Crippen LogP contribution in [0.3, 0.4) is 0 Å². The molecule has 0 aliphatic carbocycles. The summed E-state index contributed by atoms with van der Waals surface area (Å²) < 4.78 is 5.34. The van der Waals surface area contributed by atoms with E-state index in [1.54, 1.807) is 7.11 Å². The second kappa shape index (κ2) is 7.62. The second-order valence-corrected chi connectivity index (χ2v) is 5.21. The Bertz CT molecular complexity index is 465. The van der Waals surface area contributed by atoms with Crippen molar-refractivity contribution in [1.29, 1.82) is 0 Å². The standard InChI is InChI=1S/C15H22N2O2.ClH/c1-10-4-5-11(2)12(6-10)7-15(18)17-13-8-16-9-14(13)19-3;/h4-6,13-14,16H,7-9H2,1-3H3,(H,17,18);1H. The van der Waals surface area contributed by atoms with Crippen LogP contribution in [-0.4, -0.2) is 38.3 Å². The van der Waals surface area contributed by atoms with E-state index in [2.05, 4.69) is 28.8 Å². The molecule has 112 valence electrons. The Kier molecular flexibility index (Phi) is 6.46. The van der Waals surface area contributed by atoms with Crippen molar-refractivity contribution in [2.45, 2.75) is 32.4 Å². The predicted octanol–water partition coefficient (Wildman–Crippen LogP) is 1.37. The molecular weight excluding hydrogens is 276 g/mol. The molecule has 2 atom stereocenters. The lowest BCUT2D eigenvalue weighted by Gasteiger charge is -2.19. The van der Waals surface area contributed by atoms with E-state index in [1.165, 1.54) is 5.56 Å². The predicted molar refractivity (Wildman–Crippen MR) is 82.5 cm³/mol. The van der Waals surface area contributed by atoms with Crippen molar-refractivity contribution in [3.05, 3.63) is 34.9 Å². The normalized spacial score (nSPS) is 21.4. The number of carbonyl (C=O) groups is 1. The van der Waals surface area contributed by atoms with Crippen LogP contribution in [0.2, 0.25) is 0 Å². The maximum absolute atomic E-state index is 12.1. The van der Waals surface area contributed by atoms with Crippen LogP contribution in [0.4, 0.5) is 0 Å². The van der Waals surface area contributed by atoms with Crippen LogP contribution in [-0.2, 0) is 16.0 Å². The lowest BCUT2D eigenvalue weighted by molar-refractivity contribution is -0.121. The molecule has 4 nitrogen and oxygen atoms in total. The van der Waals surface area contributed by atoms with Crippen molar-refractivity contribution in [3.8, 4) is 0 Å². The highest BCUT2D eigenvalue weighted by Gasteiger charge is 2.28. The average molecular weight is 299 g/mol.